The molecule has 0 fully saturated rings. The Morgan fingerprint density at radius 2 is 2.43 bits per heavy atom. The Labute approximate surface area is 81.9 Å². The van der Waals surface area contributed by atoms with Crippen molar-refractivity contribution in [3.8, 4) is 0 Å². The third kappa shape index (κ3) is 1.14. The molecule has 4 heteroatoms. The molecule has 0 radical (unpaired) electrons. The second kappa shape index (κ2) is 2.97. The van der Waals surface area contributed by atoms with Gasteiger partial charge in [0.2, 0.25) is 5.82 Å². The molecule has 1 atom stereocenters. The van der Waals surface area contributed by atoms with Gasteiger partial charge >= 0.3 is 5.97 Å². The fourth-order valence-corrected chi connectivity index (χ4v) is 1.78. The van der Waals surface area contributed by atoms with Crippen molar-refractivity contribution in [2.24, 2.45) is 7.05 Å². The number of carbonyl (C=O) groups is 1. The van der Waals surface area contributed by atoms with E-state index in [9.17, 15) is 4.79 Å². The number of carboxylic acids is 1. The Hall–Kier alpha value is -1.58. The summed E-state index contributed by atoms with van der Waals surface area (Å²) in [4.78, 5) is 15.0. The van der Waals surface area contributed by atoms with E-state index in [4.69, 9.17) is 5.11 Å². The molecular formula is C10H12N2O2. The molecule has 74 valence electrons. The number of carboxylic acid groups (broad SMARTS) is 1. The van der Waals surface area contributed by atoms with Crippen molar-refractivity contribution in [2.45, 2.75) is 19.3 Å². The van der Waals surface area contributed by atoms with Crippen molar-refractivity contribution >= 4 is 12.0 Å². The van der Waals surface area contributed by atoms with E-state index in [0.29, 0.717) is 5.92 Å². The zero-order valence-electron chi connectivity index (χ0n) is 8.19. The lowest BCUT2D eigenvalue weighted by atomic mass is 9.97. The minimum Gasteiger partial charge on any atom is -0.475 e. The van der Waals surface area contributed by atoms with Gasteiger partial charge in [0.25, 0.3) is 0 Å². The number of aromatic nitrogens is 2. The van der Waals surface area contributed by atoms with Gasteiger partial charge in [-0.05, 0) is 12.5 Å². The van der Waals surface area contributed by atoms with Gasteiger partial charge in [0.15, 0.2) is 0 Å². The Morgan fingerprint density at radius 1 is 1.71 bits per heavy atom. The topological polar surface area (TPSA) is 55.1 Å². The van der Waals surface area contributed by atoms with E-state index in [0.717, 1.165) is 17.8 Å². The van der Waals surface area contributed by atoms with Crippen LogP contribution in [-0.4, -0.2) is 20.6 Å². The summed E-state index contributed by atoms with van der Waals surface area (Å²) in [6.45, 7) is 2.06. The molecule has 0 bridgehead atoms. The molecular weight excluding hydrogens is 180 g/mol. The van der Waals surface area contributed by atoms with Gasteiger partial charge in [0.05, 0.1) is 11.4 Å². The molecule has 0 saturated carbocycles. The molecule has 14 heavy (non-hydrogen) atoms. The van der Waals surface area contributed by atoms with Crippen LogP contribution in [0.1, 0.15) is 41.3 Å². The molecule has 1 aliphatic carbocycles. The van der Waals surface area contributed by atoms with E-state index >= 15 is 0 Å². The predicted octanol–water partition coefficient (Wildman–Crippen LogP) is 1.64. The first-order chi connectivity index (χ1) is 6.61. The minimum atomic E-state index is -0.970. The van der Waals surface area contributed by atoms with Gasteiger partial charge in [0, 0.05) is 13.0 Å². The fraction of sp³-hybridized carbons (Fsp3) is 0.400. The van der Waals surface area contributed by atoms with Crippen LogP contribution in [0.3, 0.4) is 0 Å². The van der Waals surface area contributed by atoms with Crippen LogP contribution >= 0.6 is 0 Å². The number of aromatic carboxylic acids is 1. The molecule has 1 aromatic rings. The summed E-state index contributed by atoms with van der Waals surface area (Å²) in [5, 5.41) is 8.89. The number of rotatable bonds is 1. The van der Waals surface area contributed by atoms with Crippen molar-refractivity contribution < 1.29 is 9.90 Å². The zero-order valence-corrected chi connectivity index (χ0v) is 8.19. The fourth-order valence-electron chi connectivity index (χ4n) is 1.78. The van der Waals surface area contributed by atoms with E-state index < -0.39 is 5.97 Å². The highest BCUT2D eigenvalue weighted by Gasteiger charge is 2.22. The van der Waals surface area contributed by atoms with Gasteiger partial charge in [-0.15, -0.1) is 0 Å². The van der Waals surface area contributed by atoms with Crippen molar-refractivity contribution in [1.29, 1.82) is 0 Å². The van der Waals surface area contributed by atoms with Gasteiger partial charge in [-0.3, -0.25) is 0 Å². The van der Waals surface area contributed by atoms with Crippen LogP contribution in [0, 0.1) is 0 Å². The third-order valence-electron chi connectivity index (χ3n) is 2.59. The van der Waals surface area contributed by atoms with Gasteiger partial charge in [0.1, 0.15) is 0 Å². The van der Waals surface area contributed by atoms with E-state index in [1.54, 1.807) is 11.6 Å². The van der Waals surface area contributed by atoms with E-state index in [-0.39, 0.29) is 5.82 Å². The quantitative estimate of drug-likeness (QED) is 0.735. The molecule has 0 saturated heterocycles. The molecule has 1 N–H and O–H groups in total. The second-order valence-electron chi connectivity index (χ2n) is 3.61. The van der Waals surface area contributed by atoms with Crippen LogP contribution in [0.5, 0.6) is 0 Å². The Morgan fingerprint density at radius 3 is 3.00 bits per heavy atom. The molecule has 4 nitrogen and oxygen atoms in total. The molecule has 1 heterocycles. The lowest BCUT2D eigenvalue weighted by molar-refractivity contribution is 0.0679. The smallest absolute Gasteiger partial charge is 0.372 e. The average Bonchev–Trinajstić information content (AvgIpc) is 2.46. The van der Waals surface area contributed by atoms with Gasteiger partial charge < -0.3 is 9.67 Å². The summed E-state index contributed by atoms with van der Waals surface area (Å²) in [5.74, 6) is -0.537. The molecule has 2 rings (SSSR count). The second-order valence-corrected chi connectivity index (χ2v) is 3.61. The Bertz CT molecular complexity index is 418. The lowest BCUT2D eigenvalue weighted by Gasteiger charge is -2.12. The summed E-state index contributed by atoms with van der Waals surface area (Å²) in [6, 6.07) is 0. The van der Waals surface area contributed by atoms with Crippen molar-refractivity contribution in [3.05, 3.63) is 23.3 Å². The zero-order chi connectivity index (χ0) is 10.3. The van der Waals surface area contributed by atoms with Crippen LogP contribution in [-0.2, 0) is 7.05 Å². The van der Waals surface area contributed by atoms with Crippen molar-refractivity contribution in [3.63, 3.8) is 0 Å². The van der Waals surface area contributed by atoms with Crippen LogP contribution in [0.2, 0.25) is 0 Å². The molecule has 1 aromatic heterocycles. The van der Waals surface area contributed by atoms with Gasteiger partial charge in [-0.2, -0.15) is 0 Å². The Kier molecular flexibility index (Phi) is 1.91. The van der Waals surface area contributed by atoms with Crippen LogP contribution in [0.25, 0.3) is 6.08 Å². The van der Waals surface area contributed by atoms with Gasteiger partial charge in [-0.25, -0.2) is 9.78 Å². The summed E-state index contributed by atoms with van der Waals surface area (Å²) < 4.78 is 1.63. The summed E-state index contributed by atoms with van der Waals surface area (Å²) in [5.41, 5.74) is 1.81. The third-order valence-corrected chi connectivity index (χ3v) is 2.59. The Balaban J connectivity index is 2.61. The van der Waals surface area contributed by atoms with Crippen molar-refractivity contribution in [2.75, 3.05) is 0 Å². The number of nitrogens with zero attached hydrogens (tertiary/aromatic N) is 2. The lowest BCUT2D eigenvalue weighted by Crippen LogP contribution is -2.06. The normalized spacial score (nSPS) is 19.4. The monoisotopic (exact) mass is 192 g/mol. The van der Waals surface area contributed by atoms with Crippen molar-refractivity contribution in [1.82, 2.24) is 9.55 Å². The van der Waals surface area contributed by atoms with E-state index in [1.807, 2.05) is 6.08 Å². The minimum absolute atomic E-state index is 0.119. The predicted molar refractivity (Wildman–Crippen MR) is 52.2 cm³/mol. The summed E-state index contributed by atoms with van der Waals surface area (Å²) >= 11 is 0. The van der Waals surface area contributed by atoms with Gasteiger partial charge in [-0.1, -0.05) is 13.0 Å². The van der Waals surface area contributed by atoms with Crippen LogP contribution < -0.4 is 0 Å². The first-order valence-corrected chi connectivity index (χ1v) is 4.57. The molecule has 0 aromatic carbocycles. The maximum Gasteiger partial charge on any atom is 0.372 e. The first kappa shape index (κ1) is 8.99. The highest BCUT2D eigenvalue weighted by atomic mass is 16.4. The largest absolute Gasteiger partial charge is 0.475 e. The summed E-state index contributed by atoms with van der Waals surface area (Å²) in [6.07, 6.45) is 4.93. The molecule has 1 aliphatic rings. The number of imidazole rings is 1. The maximum atomic E-state index is 10.8. The number of hydrogen-bond acceptors (Lipinski definition) is 2. The van der Waals surface area contributed by atoms with E-state index in [1.165, 1.54) is 0 Å². The molecule has 0 aliphatic heterocycles. The van der Waals surface area contributed by atoms with E-state index in [2.05, 4.69) is 18.0 Å². The number of allylic oxidation sites excluding steroid dienone is 1. The highest BCUT2D eigenvalue weighted by molar-refractivity contribution is 5.84. The number of fused-ring (bicyclic) bond motifs is 1. The first-order valence-electron chi connectivity index (χ1n) is 4.57. The standard InChI is InChI=1S/C10H12N2O2/c1-6-4-3-5-7-8(6)11-9(10(13)14)12(7)2/h3,5-6H,4H2,1-2H3,(H,13,14). The summed E-state index contributed by atoms with van der Waals surface area (Å²) in [7, 11) is 1.73. The number of hydrogen-bond donors (Lipinski definition) is 1. The molecule has 0 amide bonds. The maximum absolute atomic E-state index is 10.8. The molecule has 1 unspecified atom stereocenters. The van der Waals surface area contributed by atoms with Crippen LogP contribution in [0.4, 0.5) is 0 Å². The highest BCUT2D eigenvalue weighted by Crippen LogP contribution is 2.28. The average molecular weight is 192 g/mol. The van der Waals surface area contributed by atoms with Crippen LogP contribution in [0.15, 0.2) is 6.08 Å². The molecule has 0 spiro atoms. The SMILES string of the molecule is CC1CC=Cc2c1nc(C(=O)O)n2C.